The molecule has 1 N–H and O–H groups in total. The molecule has 0 spiro atoms. The fraction of sp³-hybridized carbons (Fsp3) is 0.464. The normalized spacial score (nSPS) is 20.2. The van der Waals surface area contributed by atoms with Crippen molar-refractivity contribution >= 4 is 11.7 Å². The summed E-state index contributed by atoms with van der Waals surface area (Å²) in [4.78, 5) is 24.3. The molecule has 3 aromatic heterocycles. The van der Waals surface area contributed by atoms with Gasteiger partial charge in [0.2, 0.25) is 0 Å². The molecule has 0 unspecified atom stereocenters. The Balaban J connectivity index is 1.75. The number of carbonyl (C=O) groups excluding carboxylic acids is 1. The van der Waals surface area contributed by atoms with E-state index in [2.05, 4.69) is 16.4 Å². The van der Waals surface area contributed by atoms with Crippen molar-refractivity contribution in [3.05, 3.63) is 60.2 Å². The molecule has 3 aromatic rings. The number of urea groups is 1. The number of carbonyl (C=O) groups is 1. The summed E-state index contributed by atoms with van der Waals surface area (Å²) in [5.74, 6) is 0.604. The van der Waals surface area contributed by atoms with Crippen LogP contribution >= 0.6 is 0 Å². The number of aromatic nitrogens is 3. The zero-order chi connectivity index (χ0) is 27.3. The van der Waals surface area contributed by atoms with Gasteiger partial charge in [0.25, 0.3) is 0 Å². The van der Waals surface area contributed by atoms with E-state index in [1.54, 1.807) is 18.2 Å². The zero-order valence-electron chi connectivity index (χ0n) is 22.0. The first-order valence-electron chi connectivity index (χ1n) is 13.0. The number of allylic oxidation sites excluding steroid dienone is 1. The van der Waals surface area contributed by atoms with Gasteiger partial charge in [-0.1, -0.05) is 12.2 Å². The number of halogens is 3. The number of rotatable bonds is 4. The SMILES string of the molecule is CCN1C(=O)N[C@@H](CCC(F)(F)F)C/C=C/CCCc2cc(cn3ccnc23)-c2nc(ccc2OC)[C@H]1C. The largest absolute Gasteiger partial charge is 0.494 e. The van der Waals surface area contributed by atoms with E-state index < -0.39 is 30.7 Å². The molecule has 1 aliphatic rings. The fourth-order valence-electron chi connectivity index (χ4n) is 4.87. The van der Waals surface area contributed by atoms with Crippen LogP contribution in [-0.2, 0) is 6.42 Å². The van der Waals surface area contributed by atoms with Gasteiger partial charge in [-0.2, -0.15) is 13.2 Å². The summed E-state index contributed by atoms with van der Waals surface area (Å²) in [5, 5.41) is 2.84. The summed E-state index contributed by atoms with van der Waals surface area (Å²) in [6.07, 6.45) is 6.76. The Morgan fingerprint density at radius 3 is 2.79 bits per heavy atom. The van der Waals surface area contributed by atoms with Crippen LogP contribution in [0.1, 0.15) is 63.3 Å². The lowest BCUT2D eigenvalue weighted by molar-refractivity contribution is -0.136. The number of ether oxygens (including phenoxy) is 1. The number of aryl methyl sites for hydroxylation is 1. The number of fused-ring (bicyclic) bond motifs is 7. The van der Waals surface area contributed by atoms with Crippen LogP contribution in [0.4, 0.5) is 18.0 Å². The third kappa shape index (κ3) is 6.46. The second-order valence-electron chi connectivity index (χ2n) is 9.56. The number of nitrogens with zero attached hydrogens (tertiary/aromatic N) is 4. The number of nitrogens with one attached hydrogen (secondary N) is 1. The lowest BCUT2D eigenvalue weighted by Crippen LogP contribution is -2.46. The van der Waals surface area contributed by atoms with Gasteiger partial charge < -0.3 is 19.4 Å². The summed E-state index contributed by atoms with van der Waals surface area (Å²) in [6.45, 7) is 4.07. The molecule has 1 aliphatic heterocycles. The summed E-state index contributed by atoms with van der Waals surface area (Å²) in [6, 6.07) is 4.28. The van der Waals surface area contributed by atoms with E-state index in [9.17, 15) is 18.0 Å². The van der Waals surface area contributed by atoms with E-state index in [4.69, 9.17) is 9.72 Å². The van der Waals surface area contributed by atoms with Crippen molar-refractivity contribution in [1.82, 2.24) is 24.6 Å². The Labute approximate surface area is 220 Å². The smallest absolute Gasteiger partial charge is 0.389 e. The highest BCUT2D eigenvalue weighted by atomic mass is 19.4. The van der Waals surface area contributed by atoms with Gasteiger partial charge in [0, 0.05) is 43.2 Å². The molecule has 2 atom stereocenters. The topological polar surface area (TPSA) is 71.8 Å². The van der Waals surface area contributed by atoms with E-state index in [-0.39, 0.29) is 6.42 Å². The van der Waals surface area contributed by atoms with Crippen LogP contribution in [0, 0.1) is 0 Å². The second kappa shape index (κ2) is 11.9. The van der Waals surface area contributed by atoms with Crippen molar-refractivity contribution in [2.75, 3.05) is 13.7 Å². The Bertz CT molecular complexity index is 1290. The maximum Gasteiger partial charge on any atom is 0.389 e. The molecule has 2 amide bonds. The molecule has 0 saturated carbocycles. The summed E-state index contributed by atoms with van der Waals surface area (Å²) >= 11 is 0. The fourth-order valence-corrected chi connectivity index (χ4v) is 4.87. The molecule has 4 bridgehead atoms. The zero-order valence-corrected chi connectivity index (χ0v) is 22.0. The highest BCUT2D eigenvalue weighted by molar-refractivity contribution is 5.75. The minimum Gasteiger partial charge on any atom is -0.494 e. The van der Waals surface area contributed by atoms with Gasteiger partial charge in [-0.25, -0.2) is 14.8 Å². The molecule has 38 heavy (non-hydrogen) atoms. The van der Waals surface area contributed by atoms with Crippen LogP contribution in [0.25, 0.3) is 16.9 Å². The van der Waals surface area contributed by atoms with Crippen LogP contribution in [0.2, 0.25) is 0 Å². The quantitative estimate of drug-likeness (QED) is 0.392. The number of pyridine rings is 2. The van der Waals surface area contributed by atoms with Crippen molar-refractivity contribution < 1.29 is 22.7 Å². The molecule has 0 fully saturated rings. The van der Waals surface area contributed by atoms with Crippen molar-refractivity contribution in [2.24, 2.45) is 0 Å². The lowest BCUT2D eigenvalue weighted by Gasteiger charge is -2.30. The van der Waals surface area contributed by atoms with Gasteiger partial charge in [-0.3, -0.25) is 0 Å². The van der Waals surface area contributed by atoms with Gasteiger partial charge in [0.15, 0.2) is 0 Å². The lowest BCUT2D eigenvalue weighted by atomic mass is 10.0. The Hall–Kier alpha value is -3.56. The van der Waals surface area contributed by atoms with Crippen molar-refractivity contribution in [3.8, 4) is 17.0 Å². The van der Waals surface area contributed by atoms with Crippen molar-refractivity contribution in [1.29, 1.82) is 0 Å². The number of methoxy groups -OCH3 is 1. The molecule has 0 aliphatic carbocycles. The number of alkyl halides is 3. The summed E-state index contributed by atoms with van der Waals surface area (Å²) < 4.78 is 46.5. The molecule has 0 aromatic carbocycles. The van der Waals surface area contributed by atoms with E-state index in [1.807, 2.05) is 54.9 Å². The molecule has 10 heteroatoms. The summed E-state index contributed by atoms with van der Waals surface area (Å²) in [5.41, 5.74) is 4.12. The van der Waals surface area contributed by atoms with Crippen LogP contribution < -0.4 is 10.1 Å². The highest BCUT2D eigenvalue weighted by Gasteiger charge is 2.30. The van der Waals surface area contributed by atoms with Crippen LogP contribution in [-0.4, -0.2) is 51.2 Å². The van der Waals surface area contributed by atoms with Crippen molar-refractivity contribution in [3.63, 3.8) is 0 Å². The Kier molecular flexibility index (Phi) is 8.58. The first kappa shape index (κ1) is 27.5. The second-order valence-corrected chi connectivity index (χ2v) is 9.56. The van der Waals surface area contributed by atoms with Crippen molar-refractivity contribution in [2.45, 2.75) is 70.6 Å². The first-order chi connectivity index (χ1) is 18.2. The average Bonchev–Trinajstić information content (AvgIpc) is 3.37. The number of hydrogen-bond acceptors (Lipinski definition) is 4. The maximum atomic E-state index is 13.3. The van der Waals surface area contributed by atoms with Gasteiger partial charge >= 0.3 is 12.2 Å². The van der Waals surface area contributed by atoms with Crippen LogP contribution in [0.3, 0.4) is 0 Å². The average molecular weight is 530 g/mol. The van der Waals surface area contributed by atoms with E-state index in [0.29, 0.717) is 30.1 Å². The maximum absolute atomic E-state index is 13.3. The Morgan fingerprint density at radius 2 is 2.05 bits per heavy atom. The minimum atomic E-state index is -4.28. The molecule has 4 heterocycles. The third-order valence-corrected chi connectivity index (χ3v) is 6.94. The highest BCUT2D eigenvalue weighted by Crippen LogP contribution is 2.33. The Morgan fingerprint density at radius 1 is 1.24 bits per heavy atom. The van der Waals surface area contributed by atoms with Gasteiger partial charge in [0.05, 0.1) is 18.8 Å². The molecule has 7 nitrogen and oxygen atoms in total. The predicted octanol–water partition coefficient (Wildman–Crippen LogP) is 6.49. The first-order valence-corrected chi connectivity index (χ1v) is 13.0. The molecule has 0 radical (unpaired) electrons. The molecule has 0 saturated heterocycles. The van der Waals surface area contributed by atoms with E-state index in [1.165, 1.54) is 0 Å². The molecule has 4 rings (SSSR count). The van der Waals surface area contributed by atoms with Gasteiger partial charge in [-0.15, -0.1) is 0 Å². The molecular weight excluding hydrogens is 495 g/mol. The standard InChI is InChI=1S/C28H34F3N5O2/c1-4-36-19(2)23-11-12-24(38-3)25(34-23)21-17-20(26-32-15-16-35(26)18-21)9-7-5-6-8-10-22(33-27(36)37)13-14-28(29,30)31/h6,8,11-12,15-19,22H,4-5,7,9-10,13-14H2,1-3H3,(H,33,37)/b8-6+/t19-,22-/m1/s1. The molecular formula is C28H34F3N5O2. The van der Waals surface area contributed by atoms with Gasteiger partial charge in [-0.05, 0) is 69.7 Å². The minimum absolute atomic E-state index is 0.180. The number of amides is 2. The van der Waals surface area contributed by atoms with Crippen LogP contribution in [0.15, 0.2) is 48.9 Å². The van der Waals surface area contributed by atoms with E-state index >= 15 is 0 Å². The third-order valence-electron chi connectivity index (χ3n) is 6.94. The monoisotopic (exact) mass is 529 g/mol. The summed E-state index contributed by atoms with van der Waals surface area (Å²) in [7, 11) is 1.59. The van der Waals surface area contributed by atoms with E-state index in [0.717, 1.165) is 36.0 Å². The number of imidazole rings is 1. The predicted molar refractivity (Wildman–Crippen MR) is 140 cm³/mol. The number of hydrogen-bond donors (Lipinski definition) is 1. The molecule has 204 valence electrons. The van der Waals surface area contributed by atoms with Gasteiger partial charge in [0.1, 0.15) is 17.1 Å². The van der Waals surface area contributed by atoms with Crippen LogP contribution in [0.5, 0.6) is 5.75 Å².